The molecule has 1 aromatic rings. The van der Waals surface area contributed by atoms with Crippen LogP contribution in [-0.4, -0.2) is 50.0 Å². The first-order valence-electron chi connectivity index (χ1n) is 7.56. The first kappa shape index (κ1) is 20.0. The fraction of sp³-hybridized carbons (Fsp3) is 0.353. The second-order valence-electron chi connectivity index (χ2n) is 4.98. The highest BCUT2D eigenvalue weighted by Gasteiger charge is 2.18. The molecule has 0 saturated heterocycles. The van der Waals surface area contributed by atoms with E-state index in [1.165, 1.54) is 21.3 Å². The maximum Gasteiger partial charge on any atom is 0.273 e. The van der Waals surface area contributed by atoms with E-state index in [2.05, 4.69) is 25.8 Å². The van der Waals surface area contributed by atoms with Gasteiger partial charge in [-0.2, -0.15) is 10.2 Å². The summed E-state index contributed by atoms with van der Waals surface area (Å²) in [6.07, 6.45) is 0. The van der Waals surface area contributed by atoms with Gasteiger partial charge in [0.25, 0.3) is 5.91 Å². The lowest BCUT2D eigenvalue weighted by Gasteiger charge is -2.10. The fourth-order valence-corrected chi connectivity index (χ4v) is 1.91. The Morgan fingerprint density at radius 2 is 1.52 bits per heavy atom. The Kier molecular flexibility index (Phi) is 7.98. The quantitative estimate of drug-likeness (QED) is 0.604. The van der Waals surface area contributed by atoms with Crippen LogP contribution in [0.1, 0.15) is 31.9 Å². The Hall–Kier alpha value is -3.03. The van der Waals surface area contributed by atoms with Crippen molar-refractivity contribution >= 4 is 28.8 Å². The zero-order valence-corrected chi connectivity index (χ0v) is 15.3. The molecule has 1 N–H and O–H groups in total. The summed E-state index contributed by atoms with van der Waals surface area (Å²) in [7, 11) is 4.39. The maximum absolute atomic E-state index is 12.1. The van der Waals surface area contributed by atoms with Crippen LogP contribution in [0.15, 0.2) is 44.8 Å². The number of hydrogen-bond acceptors (Lipinski definition) is 7. The molecule has 0 atom stereocenters. The van der Waals surface area contributed by atoms with E-state index in [4.69, 9.17) is 9.68 Å². The highest BCUT2D eigenvalue weighted by Crippen LogP contribution is 2.13. The summed E-state index contributed by atoms with van der Waals surface area (Å²) in [4.78, 5) is 21.6. The lowest BCUT2D eigenvalue weighted by molar-refractivity contribution is -0.114. The maximum atomic E-state index is 12.1. The first-order valence-corrected chi connectivity index (χ1v) is 7.56. The van der Waals surface area contributed by atoms with Gasteiger partial charge in [0.15, 0.2) is 5.71 Å². The van der Waals surface area contributed by atoms with E-state index in [0.717, 1.165) is 5.56 Å². The fourth-order valence-electron chi connectivity index (χ4n) is 1.91. The van der Waals surface area contributed by atoms with Crippen molar-refractivity contribution in [3.63, 3.8) is 0 Å². The molecule has 25 heavy (non-hydrogen) atoms. The molecular formula is C17H23N5O3. The number of hydrogen-bond donors (Lipinski definition) is 1. The van der Waals surface area contributed by atoms with Crippen molar-refractivity contribution in [2.24, 2.45) is 20.5 Å². The van der Waals surface area contributed by atoms with Crippen LogP contribution >= 0.6 is 0 Å². The number of nitrogens with one attached hydrogen (secondary N) is 1. The lowest BCUT2D eigenvalue weighted by atomic mass is 9.99. The minimum Gasteiger partial charge on any atom is -0.399 e. The van der Waals surface area contributed by atoms with Gasteiger partial charge in [0, 0.05) is 18.2 Å². The lowest BCUT2D eigenvalue weighted by Crippen LogP contribution is -2.29. The second kappa shape index (κ2) is 9.96. The molecule has 1 aromatic carbocycles. The predicted octanol–water partition coefficient (Wildman–Crippen LogP) is 1.99. The Morgan fingerprint density at radius 3 is 2.08 bits per heavy atom. The van der Waals surface area contributed by atoms with Crippen molar-refractivity contribution < 1.29 is 14.5 Å². The highest BCUT2D eigenvalue weighted by atomic mass is 16.6. The van der Waals surface area contributed by atoms with Gasteiger partial charge in [-0.3, -0.25) is 4.79 Å². The van der Waals surface area contributed by atoms with E-state index < -0.39 is 0 Å². The number of rotatable bonds is 7. The van der Waals surface area contributed by atoms with E-state index in [0.29, 0.717) is 22.7 Å². The summed E-state index contributed by atoms with van der Waals surface area (Å²) < 4.78 is 0. The van der Waals surface area contributed by atoms with E-state index in [-0.39, 0.29) is 11.6 Å². The van der Waals surface area contributed by atoms with Crippen LogP contribution in [-0.2, 0) is 14.5 Å². The van der Waals surface area contributed by atoms with Crippen molar-refractivity contribution in [3.05, 3.63) is 35.4 Å². The molecule has 1 rings (SSSR count). The van der Waals surface area contributed by atoms with Gasteiger partial charge in [0.05, 0.1) is 17.1 Å². The molecule has 0 fully saturated rings. The second-order valence-corrected chi connectivity index (χ2v) is 4.98. The molecule has 0 heterocycles. The molecule has 1 amide bonds. The monoisotopic (exact) mass is 345 g/mol. The largest absolute Gasteiger partial charge is 0.399 e. The van der Waals surface area contributed by atoms with E-state index >= 15 is 0 Å². The van der Waals surface area contributed by atoms with Crippen LogP contribution < -0.4 is 5.32 Å². The van der Waals surface area contributed by atoms with Crippen molar-refractivity contribution in [2.45, 2.75) is 20.8 Å². The Balaban J connectivity index is 3.33. The third-order valence-electron chi connectivity index (χ3n) is 3.30. The number of benzene rings is 1. The molecule has 0 aliphatic rings. The van der Waals surface area contributed by atoms with Crippen LogP contribution in [0, 0.1) is 0 Å². The van der Waals surface area contributed by atoms with Gasteiger partial charge in [-0.05, 0) is 20.8 Å². The number of amides is 1. The summed E-state index contributed by atoms with van der Waals surface area (Å²) in [6.45, 7) is 5.35. The smallest absolute Gasteiger partial charge is 0.273 e. The molecule has 8 heteroatoms. The average Bonchev–Trinajstić information content (AvgIpc) is 2.63. The molecule has 0 unspecified atom stereocenters. The minimum absolute atomic E-state index is 0.160. The zero-order chi connectivity index (χ0) is 18.8. The van der Waals surface area contributed by atoms with Crippen LogP contribution in [0.5, 0.6) is 0 Å². The van der Waals surface area contributed by atoms with Gasteiger partial charge in [-0.1, -0.05) is 34.6 Å². The van der Waals surface area contributed by atoms with Crippen molar-refractivity contribution in [3.8, 4) is 0 Å². The third kappa shape index (κ3) is 5.52. The zero-order valence-electron chi connectivity index (χ0n) is 15.3. The van der Waals surface area contributed by atoms with Gasteiger partial charge in [-0.15, -0.1) is 0 Å². The molecular weight excluding hydrogens is 322 g/mol. The van der Waals surface area contributed by atoms with Crippen molar-refractivity contribution in [1.82, 2.24) is 5.32 Å². The molecule has 0 aliphatic heterocycles. The van der Waals surface area contributed by atoms with E-state index in [9.17, 15) is 4.79 Å². The summed E-state index contributed by atoms with van der Waals surface area (Å²) >= 11 is 0. The van der Waals surface area contributed by atoms with Crippen LogP contribution in [0.25, 0.3) is 0 Å². The van der Waals surface area contributed by atoms with E-state index in [1.807, 2.05) is 18.2 Å². The molecule has 0 spiro atoms. The Labute approximate surface area is 147 Å². The average molecular weight is 345 g/mol. The normalized spacial score (nSPS) is 13.5. The van der Waals surface area contributed by atoms with Crippen molar-refractivity contribution in [1.29, 1.82) is 0 Å². The number of oxime groups is 2. The number of carbonyl (C=O) groups excluding carboxylic acids is 1. The van der Waals surface area contributed by atoms with Crippen LogP contribution in [0.3, 0.4) is 0 Å². The van der Waals surface area contributed by atoms with Gasteiger partial charge in [0.1, 0.15) is 14.2 Å². The molecule has 0 bridgehead atoms. The number of carbonyl (C=O) groups is 1. The summed E-state index contributed by atoms with van der Waals surface area (Å²) in [6, 6.07) is 7.27. The Morgan fingerprint density at radius 1 is 0.920 bits per heavy atom. The molecule has 0 radical (unpaired) electrons. The van der Waals surface area contributed by atoms with Gasteiger partial charge >= 0.3 is 0 Å². The number of likely N-dealkylation sites (N-methyl/N-ethyl adjacent to an activating group) is 1. The Bertz CT molecular complexity index is 736. The summed E-state index contributed by atoms with van der Waals surface area (Å²) in [5.41, 5.74) is 3.34. The standard InChI is InChI=1S/C17H23N5O3/c1-11(12(2)21-24-5)19-20-13(3)14-9-7-8-10-15(14)16(22-25-6)17(23)18-4/h7-10H,1-6H3,(H,18,23)/b19-11-,20-13-,21-12-,22-16-. The molecule has 0 aliphatic carbocycles. The summed E-state index contributed by atoms with van der Waals surface area (Å²) in [5, 5.41) is 18.6. The van der Waals surface area contributed by atoms with Crippen LogP contribution in [0.2, 0.25) is 0 Å². The van der Waals surface area contributed by atoms with Gasteiger partial charge in [0.2, 0.25) is 0 Å². The third-order valence-corrected chi connectivity index (χ3v) is 3.30. The first-order chi connectivity index (χ1) is 12.0. The number of nitrogens with zero attached hydrogens (tertiary/aromatic N) is 4. The predicted molar refractivity (Wildman–Crippen MR) is 99.5 cm³/mol. The van der Waals surface area contributed by atoms with E-state index in [1.54, 1.807) is 26.8 Å². The topological polar surface area (TPSA) is 97.0 Å². The van der Waals surface area contributed by atoms with Gasteiger partial charge in [-0.25, -0.2) is 0 Å². The van der Waals surface area contributed by atoms with Crippen molar-refractivity contribution in [2.75, 3.05) is 21.3 Å². The molecule has 8 nitrogen and oxygen atoms in total. The molecule has 134 valence electrons. The summed E-state index contributed by atoms with van der Waals surface area (Å²) in [5.74, 6) is -0.357. The molecule has 0 aromatic heterocycles. The van der Waals surface area contributed by atoms with Crippen LogP contribution in [0.4, 0.5) is 0 Å². The van der Waals surface area contributed by atoms with Gasteiger partial charge < -0.3 is 15.0 Å². The minimum atomic E-state index is -0.357. The molecule has 0 saturated carbocycles. The highest BCUT2D eigenvalue weighted by molar-refractivity contribution is 6.46. The SMILES string of the molecule is CNC(=O)/C(=N\OC)c1ccccc1\C(C)=N/N=C(C)\C(C)=N/OC.